The van der Waals surface area contributed by atoms with E-state index >= 15 is 0 Å². The zero-order valence-corrected chi connectivity index (χ0v) is 8.61. The molecular formula is C12H11FN2O. The minimum absolute atomic E-state index is 0.0893. The van der Waals surface area contributed by atoms with Crippen LogP contribution in [0.4, 0.5) is 4.39 Å². The maximum atomic E-state index is 12.7. The highest BCUT2D eigenvalue weighted by atomic mass is 19.1. The maximum absolute atomic E-state index is 12.7. The lowest BCUT2D eigenvalue weighted by atomic mass is 10.3. The number of hydrogen-bond donors (Lipinski definition) is 1. The summed E-state index contributed by atoms with van der Waals surface area (Å²) in [6, 6.07) is 7.49. The number of nitrogens with zero attached hydrogens (tertiary/aromatic N) is 1. The van der Waals surface area contributed by atoms with E-state index in [1.54, 1.807) is 18.2 Å². The Morgan fingerprint density at radius 3 is 2.56 bits per heavy atom. The number of nitrogens with one attached hydrogen (secondary N) is 1. The van der Waals surface area contributed by atoms with Crippen LogP contribution in [0.5, 0.6) is 0 Å². The van der Waals surface area contributed by atoms with Crippen molar-refractivity contribution in [1.82, 2.24) is 9.78 Å². The Hall–Kier alpha value is -1.84. The van der Waals surface area contributed by atoms with Gasteiger partial charge in [-0.2, -0.15) is 0 Å². The summed E-state index contributed by atoms with van der Waals surface area (Å²) in [5.74, 6) is 0.208. The zero-order chi connectivity index (χ0) is 11.1. The topological polar surface area (TPSA) is 37.8 Å². The van der Waals surface area contributed by atoms with Crippen LogP contribution in [0.1, 0.15) is 24.5 Å². The molecule has 0 radical (unpaired) electrons. The predicted octanol–water partition coefficient (Wildman–Crippen LogP) is 2.18. The summed E-state index contributed by atoms with van der Waals surface area (Å²) >= 11 is 0. The predicted molar refractivity (Wildman–Crippen MR) is 58.3 cm³/mol. The van der Waals surface area contributed by atoms with Crippen molar-refractivity contribution in [3.8, 4) is 5.69 Å². The molecular weight excluding hydrogens is 207 g/mol. The van der Waals surface area contributed by atoms with Gasteiger partial charge >= 0.3 is 0 Å². The molecule has 3 nitrogen and oxygen atoms in total. The molecule has 4 heteroatoms. The van der Waals surface area contributed by atoms with E-state index in [2.05, 4.69) is 5.10 Å². The van der Waals surface area contributed by atoms with Crippen molar-refractivity contribution in [3.05, 3.63) is 52.2 Å². The van der Waals surface area contributed by atoms with Gasteiger partial charge in [-0.15, -0.1) is 0 Å². The van der Waals surface area contributed by atoms with Gasteiger partial charge in [0.1, 0.15) is 5.82 Å². The zero-order valence-electron chi connectivity index (χ0n) is 8.61. The van der Waals surface area contributed by atoms with E-state index in [1.165, 1.54) is 16.8 Å². The second-order valence-electron chi connectivity index (χ2n) is 4.14. The molecule has 1 heterocycles. The summed E-state index contributed by atoms with van der Waals surface area (Å²) in [4.78, 5) is 11.7. The van der Waals surface area contributed by atoms with Crippen molar-refractivity contribution in [3.63, 3.8) is 0 Å². The lowest BCUT2D eigenvalue weighted by Crippen LogP contribution is -2.13. The molecule has 0 atom stereocenters. The second kappa shape index (κ2) is 3.33. The van der Waals surface area contributed by atoms with E-state index in [0.717, 1.165) is 18.5 Å². The fourth-order valence-electron chi connectivity index (χ4n) is 1.80. The number of hydrogen-bond acceptors (Lipinski definition) is 1. The van der Waals surface area contributed by atoms with E-state index in [4.69, 9.17) is 0 Å². The molecule has 16 heavy (non-hydrogen) atoms. The van der Waals surface area contributed by atoms with Gasteiger partial charge in [0, 0.05) is 17.7 Å². The fourth-order valence-corrected chi connectivity index (χ4v) is 1.80. The standard InChI is InChI=1S/C12H11FN2O/c13-9-3-5-10(6-4-9)15-12(16)7-11(14-15)8-1-2-8/h3-8,14H,1-2H2. The Bertz CT molecular complexity index is 563. The Labute approximate surface area is 91.5 Å². The van der Waals surface area contributed by atoms with Crippen LogP contribution in [0.15, 0.2) is 35.1 Å². The molecule has 1 N–H and O–H groups in total. The van der Waals surface area contributed by atoms with Gasteiger partial charge in [-0.1, -0.05) is 0 Å². The quantitative estimate of drug-likeness (QED) is 0.824. The molecule has 0 spiro atoms. The van der Waals surface area contributed by atoms with Crippen LogP contribution < -0.4 is 5.56 Å². The molecule has 1 saturated carbocycles. The van der Waals surface area contributed by atoms with Gasteiger partial charge < -0.3 is 0 Å². The van der Waals surface area contributed by atoms with Gasteiger partial charge in [-0.05, 0) is 37.1 Å². The largest absolute Gasteiger partial charge is 0.295 e. The van der Waals surface area contributed by atoms with E-state index in [1.807, 2.05) is 0 Å². The molecule has 1 aliphatic carbocycles. The number of rotatable bonds is 2. The summed E-state index contributed by atoms with van der Waals surface area (Å²) in [5.41, 5.74) is 1.56. The summed E-state index contributed by atoms with van der Waals surface area (Å²) in [6.07, 6.45) is 2.28. The molecule has 1 aromatic heterocycles. The summed E-state index contributed by atoms with van der Waals surface area (Å²) in [5, 5.41) is 3.06. The van der Waals surface area contributed by atoms with Crippen LogP contribution in [-0.2, 0) is 0 Å². The van der Waals surface area contributed by atoms with Crippen LogP contribution in [0.2, 0.25) is 0 Å². The molecule has 0 saturated heterocycles. The molecule has 82 valence electrons. The Balaban J connectivity index is 2.05. The van der Waals surface area contributed by atoms with E-state index < -0.39 is 0 Å². The molecule has 0 bridgehead atoms. The molecule has 0 amide bonds. The van der Waals surface area contributed by atoms with Gasteiger partial charge in [-0.3, -0.25) is 9.89 Å². The summed E-state index contributed by atoms with van der Waals surface area (Å²) < 4.78 is 14.2. The highest BCUT2D eigenvalue weighted by Gasteiger charge is 2.26. The third kappa shape index (κ3) is 1.56. The average molecular weight is 218 g/mol. The van der Waals surface area contributed by atoms with Gasteiger partial charge in [0.15, 0.2) is 0 Å². The minimum Gasteiger partial charge on any atom is -0.295 e. The van der Waals surface area contributed by atoms with Crippen molar-refractivity contribution in [1.29, 1.82) is 0 Å². The molecule has 0 aliphatic heterocycles. The maximum Gasteiger partial charge on any atom is 0.271 e. The lowest BCUT2D eigenvalue weighted by Gasteiger charge is -2.01. The monoisotopic (exact) mass is 218 g/mol. The van der Waals surface area contributed by atoms with E-state index in [-0.39, 0.29) is 11.4 Å². The normalized spacial score (nSPS) is 15.3. The van der Waals surface area contributed by atoms with Crippen molar-refractivity contribution in [2.45, 2.75) is 18.8 Å². The van der Waals surface area contributed by atoms with E-state index in [0.29, 0.717) is 11.6 Å². The Morgan fingerprint density at radius 1 is 1.25 bits per heavy atom. The summed E-state index contributed by atoms with van der Waals surface area (Å²) in [7, 11) is 0. The highest BCUT2D eigenvalue weighted by molar-refractivity contribution is 5.31. The first kappa shape index (κ1) is 9.39. The average Bonchev–Trinajstić information content (AvgIpc) is 3.04. The highest BCUT2D eigenvalue weighted by Crippen LogP contribution is 2.38. The van der Waals surface area contributed by atoms with E-state index in [9.17, 15) is 9.18 Å². The van der Waals surface area contributed by atoms with Crippen molar-refractivity contribution in [2.24, 2.45) is 0 Å². The van der Waals surface area contributed by atoms with Crippen molar-refractivity contribution < 1.29 is 4.39 Å². The van der Waals surface area contributed by atoms with Crippen LogP contribution in [0.25, 0.3) is 5.69 Å². The van der Waals surface area contributed by atoms with Gasteiger partial charge in [-0.25, -0.2) is 9.07 Å². The number of aromatic amines is 1. The number of H-pyrrole nitrogens is 1. The Kier molecular flexibility index (Phi) is 1.96. The van der Waals surface area contributed by atoms with Crippen LogP contribution in [0.3, 0.4) is 0 Å². The first-order valence-electron chi connectivity index (χ1n) is 5.32. The third-order valence-electron chi connectivity index (χ3n) is 2.84. The van der Waals surface area contributed by atoms with Gasteiger partial charge in [0.25, 0.3) is 5.56 Å². The van der Waals surface area contributed by atoms with Crippen LogP contribution in [0, 0.1) is 5.82 Å². The second-order valence-corrected chi connectivity index (χ2v) is 4.14. The smallest absolute Gasteiger partial charge is 0.271 e. The number of halogens is 1. The Morgan fingerprint density at radius 2 is 1.94 bits per heavy atom. The van der Waals surface area contributed by atoms with Gasteiger partial charge in [0.05, 0.1) is 5.69 Å². The molecule has 1 aromatic carbocycles. The first-order chi connectivity index (χ1) is 7.74. The molecule has 3 rings (SSSR count). The molecule has 0 unspecified atom stereocenters. The number of benzene rings is 1. The lowest BCUT2D eigenvalue weighted by molar-refractivity contribution is 0.626. The first-order valence-corrected chi connectivity index (χ1v) is 5.32. The van der Waals surface area contributed by atoms with Crippen molar-refractivity contribution in [2.75, 3.05) is 0 Å². The van der Waals surface area contributed by atoms with Crippen LogP contribution in [-0.4, -0.2) is 9.78 Å². The number of aromatic nitrogens is 2. The molecule has 2 aromatic rings. The summed E-state index contributed by atoms with van der Waals surface area (Å²) in [6.45, 7) is 0. The minimum atomic E-state index is -0.300. The third-order valence-corrected chi connectivity index (χ3v) is 2.84. The fraction of sp³-hybridized carbons (Fsp3) is 0.250. The van der Waals surface area contributed by atoms with Crippen LogP contribution >= 0.6 is 0 Å². The molecule has 1 fully saturated rings. The van der Waals surface area contributed by atoms with Gasteiger partial charge in [0.2, 0.25) is 0 Å². The van der Waals surface area contributed by atoms with Crippen molar-refractivity contribution >= 4 is 0 Å². The molecule has 1 aliphatic rings. The SMILES string of the molecule is O=c1cc(C2CC2)[nH]n1-c1ccc(F)cc1.